The van der Waals surface area contributed by atoms with E-state index in [0.29, 0.717) is 13.0 Å². The third kappa shape index (κ3) is 7.66. The largest absolute Gasteiger partial charge is 0.481 e. The highest BCUT2D eigenvalue weighted by Crippen LogP contribution is 2.07. The molecule has 1 unspecified atom stereocenters. The number of rotatable bonds is 7. The number of nitrogens with one attached hydrogen (secondary N) is 2. The molecular weight excluding hydrogens is 246 g/mol. The van der Waals surface area contributed by atoms with E-state index in [9.17, 15) is 9.59 Å². The second-order valence-corrected chi connectivity index (χ2v) is 5.14. The number of carbonyl (C=O) groups is 2. The third-order valence-corrected chi connectivity index (χ3v) is 3.33. The molecule has 1 aliphatic rings. The summed E-state index contributed by atoms with van der Waals surface area (Å²) in [6.07, 6.45) is 4.34. The lowest BCUT2D eigenvalue weighted by Crippen LogP contribution is -2.44. The standard InChI is InChI=1S/C13H25N3O3/c1-11(5-6-12(17)18)15-13(19)14-7-10-16-8-3-2-4-9-16/h11H,2-10H2,1H3,(H,17,18)(H2,14,15,19). The van der Waals surface area contributed by atoms with E-state index in [1.807, 2.05) is 6.92 Å². The molecule has 1 aliphatic heterocycles. The summed E-state index contributed by atoms with van der Waals surface area (Å²) in [5.74, 6) is -0.834. The van der Waals surface area contributed by atoms with Gasteiger partial charge in [-0.2, -0.15) is 0 Å². The second-order valence-electron chi connectivity index (χ2n) is 5.14. The number of urea groups is 1. The summed E-state index contributed by atoms with van der Waals surface area (Å²) in [6, 6.07) is -0.332. The first kappa shape index (κ1) is 15.8. The van der Waals surface area contributed by atoms with Crippen LogP contribution in [0.4, 0.5) is 4.79 Å². The maximum atomic E-state index is 11.6. The first-order chi connectivity index (χ1) is 9.08. The molecule has 0 aliphatic carbocycles. The van der Waals surface area contributed by atoms with E-state index in [-0.39, 0.29) is 18.5 Å². The van der Waals surface area contributed by atoms with Gasteiger partial charge >= 0.3 is 12.0 Å². The summed E-state index contributed by atoms with van der Waals surface area (Å²) in [7, 11) is 0. The fraction of sp³-hybridized carbons (Fsp3) is 0.846. The molecule has 0 saturated carbocycles. The van der Waals surface area contributed by atoms with E-state index in [0.717, 1.165) is 19.6 Å². The zero-order chi connectivity index (χ0) is 14.1. The average molecular weight is 271 g/mol. The lowest BCUT2D eigenvalue weighted by molar-refractivity contribution is -0.137. The molecule has 1 rings (SSSR count). The van der Waals surface area contributed by atoms with Gasteiger partial charge in [-0.05, 0) is 39.3 Å². The second kappa shape index (κ2) is 8.74. The van der Waals surface area contributed by atoms with Crippen molar-refractivity contribution in [1.29, 1.82) is 0 Å². The predicted molar refractivity (Wildman–Crippen MR) is 73.2 cm³/mol. The number of likely N-dealkylation sites (tertiary alicyclic amines) is 1. The quantitative estimate of drug-likeness (QED) is 0.646. The van der Waals surface area contributed by atoms with Crippen LogP contribution in [0.5, 0.6) is 0 Å². The van der Waals surface area contributed by atoms with Crippen LogP contribution in [-0.4, -0.2) is 54.2 Å². The average Bonchev–Trinajstić information content (AvgIpc) is 2.37. The van der Waals surface area contributed by atoms with Crippen LogP contribution in [0.2, 0.25) is 0 Å². The highest BCUT2D eigenvalue weighted by Gasteiger charge is 2.11. The van der Waals surface area contributed by atoms with Crippen LogP contribution in [-0.2, 0) is 4.79 Å². The summed E-state index contributed by atoms with van der Waals surface area (Å²) < 4.78 is 0. The van der Waals surface area contributed by atoms with Gasteiger partial charge < -0.3 is 20.6 Å². The van der Waals surface area contributed by atoms with Crippen molar-refractivity contribution >= 4 is 12.0 Å². The van der Waals surface area contributed by atoms with E-state index >= 15 is 0 Å². The van der Waals surface area contributed by atoms with Crippen molar-refractivity contribution in [2.24, 2.45) is 0 Å². The fourth-order valence-corrected chi connectivity index (χ4v) is 2.20. The third-order valence-electron chi connectivity index (χ3n) is 3.33. The Kier molecular flexibility index (Phi) is 7.25. The van der Waals surface area contributed by atoms with Gasteiger partial charge in [0.15, 0.2) is 0 Å². The van der Waals surface area contributed by atoms with Crippen molar-refractivity contribution in [2.45, 2.75) is 45.1 Å². The molecule has 110 valence electrons. The Morgan fingerprint density at radius 2 is 1.95 bits per heavy atom. The molecule has 1 fully saturated rings. The minimum Gasteiger partial charge on any atom is -0.481 e. The maximum absolute atomic E-state index is 11.6. The number of aliphatic carboxylic acids is 1. The van der Waals surface area contributed by atoms with Gasteiger partial charge in [-0.15, -0.1) is 0 Å². The Hall–Kier alpha value is -1.30. The van der Waals surface area contributed by atoms with Gasteiger partial charge in [0.05, 0.1) is 0 Å². The number of hydrogen-bond donors (Lipinski definition) is 3. The Morgan fingerprint density at radius 3 is 2.58 bits per heavy atom. The van der Waals surface area contributed by atoms with Crippen LogP contribution >= 0.6 is 0 Å². The van der Waals surface area contributed by atoms with Gasteiger partial charge in [-0.1, -0.05) is 6.42 Å². The molecular formula is C13H25N3O3. The van der Waals surface area contributed by atoms with Crippen molar-refractivity contribution in [3.63, 3.8) is 0 Å². The van der Waals surface area contributed by atoms with Crippen LogP contribution in [0.3, 0.4) is 0 Å². The molecule has 1 heterocycles. The number of nitrogens with zero attached hydrogens (tertiary/aromatic N) is 1. The zero-order valence-electron chi connectivity index (χ0n) is 11.7. The minimum absolute atomic E-state index is 0.0786. The van der Waals surface area contributed by atoms with Gasteiger partial charge in [-0.25, -0.2) is 4.79 Å². The Labute approximate surface area is 114 Å². The fourth-order valence-electron chi connectivity index (χ4n) is 2.20. The van der Waals surface area contributed by atoms with Crippen LogP contribution in [0.15, 0.2) is 0 Å². The van der Waals surface area contributed by atoms with Gasteiger partial charge in [0.25, 0.3) is 0 Å². The number of carboxylic acid groups (broad SMARTS) is 1. The summed E-state index contributed by atoms with van der Waals surface area (Å²) in [5, 5.41) is 14.1. The predicted octanol–water partition coefficient (Wildman–Crippen LogP) is 1.02. The molecule has 0 spiro atoms. The maximum Gasteiger partial charge on any atom is 0.315 e. The van der Waals surface area contributed by atoms with Crippen molar-refractivity contribution in [3.8, 4) is 0 Å². The monoisotopic (exact) mass is 271 g/mol. The Balaban J connectivity index is 2.04. The van der Waals surface area contributed by atoms with Crippen molar-refractivity contribution in [1.82, 2.24) is 15.5 Å². The summed E-state index contributed by atoms with van der Waals surface area (Å²) in [5.41, 5.74) is 0. The minimum atomic E-state index is -0.834. The molecule has 19 heavy (non-hydrogen) atoms. The van der Waals surface area contributed by atoms with E-state index in [4.69, 9.17) is 5.11 Å². The van der Waals surface area contributed by atoms with Crippen molar-refractivity contribution in [2.75, 3.05) is 26.2 Å². The van der Waals surface area contributed by atoms with Gasteiger partial charge in [0.1, 0.15) is 0 Å². The van der Waals surface area contributed by atoms with Gasteiger partial charge in [0.2, 0.25) is 0 Å². The molecule has 0 aromatic rings. The van der Waals surface area contributed by atoms with E-state index < -0.39 is 5.97 Å². The lowest BCUT2D eigenvalue weighted by Gasteiger charge is -2.26. The molecule has 0 bridgehead atoms. The highest BCUT2D eigenvalue weighted by molar-refractivity contribution is 5.74. The van der Waals surface area contributed by atoms with Crippen molar-refractivity contribution in [3.05, 3.63) is 0 Å². The first-order valence-corrected chi connectivity index (χ1v) is 7.06. The highest BCUT2D eigenvalue weighted by atomic mass is 16.4. The zero-order valence-corrected chi connectivity index (χ0v) is 11.7. The van der Waals surface area contributed by atoms with Gasteiger partial charge in [-0.3, -0.25) is 4.79 Å². The van der Waals surface area contributed by atoms with Crippen LogP contribution in [0.25, 0.3) is 0 Å². The van der Waals surface area contributed by atoms with E-state index in [2.05, 4.69) is 15.5 Å². The summed E-state index contributed by atoms with van der Waals surface area (Å²) in [6.45, 7) is 5.58. The Bertz CT molecular complexity index is 291. The number of amides is 2. The molecule has 3 N–H and O–H groups in total. The number of carbonyl (C=O) groups excluding carboxylic acids is 1. The molecule has 1 atom stereocenters. The normalized spacial score (nSPS) is 17.7. The molecule has 0 aromatic carbocycles. The van der Waals surface area contributed by atoms with Crippen molar-refractivity contribution < 1.29 is 14.7 Å². The smallest absolute Gasteiger partial charge is 0.315 e. The molecule has 6 heteroatoms. The van der Waals surface area contributed by atoms with Gasteiger partial charge in [0, 0.05) is 25.6 Å². The molecule has 6 nitrogen and oxygen atoms in total. The van der Waals surface area contributed by atoms with Crippen LogP contribution < -0.4 is 10.6 Å². The topological polar surface area (TPSA) is 81.7 Å². The molecule has 0 radical (unpaired) electrons. The Morgan fingerprint density at radius 1 is 1.26 bits per heavy atom. The number of piperidine rings is 1. The first-order valence-electron chi connectivity index (χ1n) is 7.06. The molecule has 2 amide bonds. The number of carboxylic acids is 1. The van der Waals surface area contributed by atoms with E-state index in [1.54, 1.807) is 0 Å². The van der Waals surface area contributed by atoms with E-state index in [1.165, 1.54) is 19.3 Å². The summed E-state index contributed by atoms with van der Waals surface area (Å²) in [4.78, 5) is 24.3. The van der Waals surface area contributed by atoms with Crippen LogP contribution in [0, 0.1) is 0 Å². The summed E-state index contributed by atoms with van der Waals surface area (Å²) >= 11 is 0. The molecule has 1 saturated heterocycles. The number of hydrogen-bond acceptors (Lipinski definition) is 3. The van der Waals surface area contributed by atoms with Crippen LogP contribution in [0.1, 0.15) is 39.0 Å². The SMILES string of the molecule is CC(CCC(=O)O)NC(=O)NCCN1CCCCC1. The lowest BCUT2D eigenvalue weighted by atomic mass is 10.1. The molecule has 0 aromatic heterocycles.